The van der Waals surface area contributed by atoms with Gasteiger partial charge < -0.3 is 14.4 Å². The molecule has 28 heavy (non-hydrogen) atoms. The first-order chi connectivity index (χ1) is 12.9. The predicted molar refractivity (Wildman–Crippen MR) is 103 cm³/mol. The zero-order valence-electron chi connectivity index (χ0n) is 16.5. The van der Waals surface area contributed by atoms with Gasteiger partial charge in [0.2, 0.25) is 0 Å². The minimum atomic E-state index is -4.41. The number of halogens is 4. The van der Waals surface area contributed by atoms with Crippen LogP contribution in [-0.2, 0) is 10.9 Å². The molecule has 1 fully saturated rings. The predicted octanol–water partition coefficient (Wildman–Crippen LogP) is 4.79. The number of piperazine rings is 1. The highest BCUT2D eigenvalue weighted by molar-refractivity contribution is 9.10. The maximum Gasteiger partial charge on any atom is 0.416 e. The highest BCUT2D eigenvalue weighted by Gasteiger charge is 2.32. The topological polar surface area (TPSA) is 42.0 Å². The van der Waals surface area contributed by atoms with Crippen molar-refractivity contribution in [2.24, 2.45) is 0 Å². The molecule has 1 aromatic carbocycles. The Labute approximate surface area is 171 Å². The highest BCUT2D eigenvalue weighted by Crippen LogP contribution is 2.35. The Kier molecular flexibility index (Phi) is 7.25. The number of hydrogen-bond donors (Lipinski definition) is 0. The largest absolute Gasteiger partial charge is 0.491 e. The van der Waals surface area contributed by atoms with E-state index in [0.29, 0.717) is 30.7 Å². The molecule has 0 aliphatic carbocycles. The fraction of sp³-hybridized carbons (Fsp3) is 0.632. The van der Waals surface area contributed by atoms with E-state index in [4.69, 9.17) is 9.47 Å². The molecule has 1 atom stereocenters. The molecule has 0 spiro atoms. The van der Waals surface area contributed by atoms with E-state index >= 15 is 0 Å². The van der Waals surface area contributed by atoms with E-state index in [1.807, 2.05) is 27.7 Å². The van der Waals surface area contributed by atoms with Crippen molar-refractivity contribution < 1.29 is 27.4 Å². The van der Waals surface area contributed by atoms with Gasteiger partial charge in [-0.1, -0.05) is 0 Å². The number of amides is 1. The van der Waals surface area contributed by atoms with Gasteiger partial charge in [-0.15, -0.1) is 0 Å². The fourth-order valence-electron chi connectivity index (χ4n) is 2.90. The lowest BCUT2D eigenvalue weighted by Gasteiger charge is -2.40. The number of alkyl halides is 3. The summed E-state index contributed by atoms with van der Waals surface area (Å²) >= 11 is 3.22. The summed E-state index contributed by atoms with van der Waals surface area (Å²) in [7, 11) is 0. The Balaban J connectivity index is 1.85. The zero-order valence-corrected chi connectivity index (χ0v) is 18.1. The van der Waals surface area contributed by atoms with Gasteiger partial charge >= 0.3 is 12.3 Å². The number of nitrogens with zero attached hydrogens (tertiary/aromatic N) is 2. The van der Waals surface area contributed by atoms with E-state index in [9.17, 15) is 18.0 Å². The van der Waals surface area contributed by atoms with Crippen LogP contribution in [0.1, 0.15) is 33.3 Å². The molecule has 1 amide bonds. The Morgan fingerprint density at radius 1 is 1.25 bits per heavy atom. The Hall–Kier alpha value is -1.48. The minimum absolute atomic E-state index is 0.0242. The second kappa shape index (κ2) is 8.90. The first-order valence-corrected chi connectivity index (χ1v) is 9.87. The number of rotatable bonds is 4. The molecule has 0 unspecified atom stereocenters. The van der Waals surface area contributed by atoms with Gasteiger partial charge in [0, 0.05) is 32.2 Å². The van der Waals surface area contributed by atoms with Crippen molar-refractivity contribution in [3.63, 3.8) is 0 Å². The molecule has 2 rings (SSSR count). The summed E-state index contributed by atoms with van der Waals surface area (Å²) in [6.07, 6.45) is -4.74. The van der Waals surface area contributed by atoms with Crippen molar-refractivity contribution in [1.29, 1.82) is 0 Å². The number of carbonyl (C=O) groups excluding carboxylic acids is 1. The van der Waals surface area contributed by atoms with Crippen LogP contribution in [0.3, 0.4) is 0 Å². The number of hydrogen-bond acceptors (Lipinski definition) is 4. The van der Waals surface area contributed by atoms with E-state index in [2.05, 4.69) is 20.8 Å². The molecule has 5 nitrogen and oxygen atoms in total. The lowest BCUT2D eigenvalue weighted by atomic mass is 10.2. The van der Waals surface area contributed by atoms with Crippen LogP contribution >= 0.6 is 15.9 Å². The summed E-state index contributed by atoms with van der Waals surface area (Å²) in [6.45, 7) is 10.1. The van der Waals surface area contributed by atoms with Gasteiger partial charge in [-0.2, -0.15) is 13.2 Å². The molecule has 1 aliphatic heterocycles. The van der Waals surface area contributed by atoms with E-state index in [-0.39, 0.29) is 24.5 Å². The third-order valence-corrected chi connectivity index (χ3v) is 4.92. The fourth-order valence-corrected chi connectivity index (χ4v) is 3.26. The van der Waals surface area contributed by atoms with Gasteiger partial charge in [-0.25, -0.2) is 4.79 Å². The Morgan fingerprint density at radius 2 is 1.93 bits per heavy atom. The molecule has 9 heteroatoms. The molecule has 0 radical (unpaired) electrons. The van der Waals surface area contributed by atoms with Crippen LogP contribution in [0.15, 0.2) is 22.7 Å². The Bertz CT molecular complexity index is 692. The van der Waals surface area contributed by atoms with E-state index in [1.54, 1.807) is 4.90 Å². The van der Waals surface area contributed by atoms with E-state index < -0.39 is 17.3 Å². The van der Waals surface area contributed by atoms with Crippen LogP contribution in [0.25, 0.3) is 0 Å². The second-order valence-corrected chi connectivity index (χ2v) is 8.67. The van der Waals surface area contributed by atoms with Crippen molar-refractivity contribution in [2.75, 3.05) is 32.8 Å². The average Bonchev–Trinajstić information content (AvgIpc) is 2.54. The number of carbonyl (C=O) groups is 1. The second-order valence-electron chi connectivity index (χ2n) is 7.81. The smallest absolute Gasteiger partial charge is 0.416 e. The van der Waals surface area contributed by atoms with Crippen LogP contribution in [-0.4, -0.2) is 60.3 Å². The average molecular weight is 467 g/mol. The normalized spacial score (nSPS) is 18.9. The summed E-state index contributed by atoms with van der Waals surface area (Å²) in [5.74, 6) is 0.162. The summed E-state index contributed by atoms with van der Waals surface area (Å²) in [6, 6.07) is 3.31. The molecule has 0 N–H and O–H groups in total. The van der Waals surface area contributed by atoms with Crippen LogP contribution in [0, 0.1) is 0 Å². The molecule has 1 aliphatic rings. The Morgan fingerprint density at radius 3 is 2.50 bits per heavy atom. The van der Waals surface area contributed by atoms with Gasteiger partial charge in [0.1, 0.15) is 18.0 Å². The summed E-state index contributed by atoms with van der Waals surface area (Å²) in [5, 5.41) is 0. The van der Waals surface area contributed by atoms with Crippen molar-refractivity contribution in [3.05, 3.63) is 28.2 Å². The van der Waals surface area contributed by atoms with Crippen LogP contribution in [0.4, 0.5) is 18.0 Å². The first kappa shape index (κ1) is 22.8. The maximum atomic E-state index is 12.8. The molecule has 0 aromatic heterocycles. The van der Waals surface area contributed by atoms with Gasteiger partial charge in [-0.3, -0.25) is 4.90 Å². The quantitative estimate of drug-likeness (QED) is 0.639. The van der Waals surface area contributed by atoms with E-state index in [0.717, 1.165) is 12.1 Å². The minimum Gasteiger partial charge on any atom is -0.491 e. The third-order valence-electron chi connectivity index (χ3n) is 4.26. The molecular formula is C19H26BrF3N2O3. The van der Waals surface area contributed by atoms with Crippen molar-refractivity contribution >= 4 is 22.0 Å². The third kappa shape index (κ3) is 6.55. The summed E-state index contributed by atoms with van der Waals surface area (Å²) < 4.78 is 50.0. The van der Waals surface area contributed by atoms with Crippen LogP contribution < -0.4 is 4.74 Å². The molecule has 1 saturated heterocycles. The number of benzene rings is 1. The van der Waals surface area contributed by atoms with Crippen molar-refractivity contribution in [2.45, 2.75) is 45.5 Å². The van der Waals surface area contributed by atoms with Crippen molar-refractivity contribution in [3.8, 4) is 5.75 Å². The summed E-state index contributed by atoms with van der Waals surface area (Å²) in [5.41, 5.74) is -1.29. The lowest BCUT2D eigenvalue weighted by molar-refractivity contribution is -0.137. The molecule has 1 heterocycles. The lowest BCUT2D eigenvalue weighted by Crippen LogP contribution is -2.55. The molecular weight excluding hydrogens is 441 g/mol. The molecule has 158 valence electrons. The van der Waals surface area contributed by atoms with Gasteiger partial charge in [0.05, 0.1) is 10.0 Å². The standard InChI is InChI=1S/C19H26BrF3N2O3/c1-13-12-24(7-8-25(13)17(26)28-18(2,3)4)9-10-27-16-11-14(19(21,22)23)5-6-15(16)20/h5-6,11,13H,7-10,12H2,1-4H3/t13-/m0/s1. The van der Waals surface area contributed by atoms with Gasteiger partial charge in [0.25, 0.3) is 0 Å². The summed E-state index contributed by atoms with van der Waals surface area (Å²) in [4.78, 5) is 16.1. The first-order valence-electron chi connectivity index (χ1n) is 9.08. The molecule has 0 bridgehead atoms. The monoisotopic (exact) mass is 466 g/mol. The van der Waals surface area contributed by atoms with E-state index in [1.165, 1.54) is 6.07 Å². The highest BCUT2D eigenvalue weighted by atomic mass is 79.9. The van der Waals surface area contributed by atoms with Gasteiger partial charge in [0.15, 0.2) is 0 Å². The molecule has 0 saturated carbocycles. The zero-order chi connectivity index (χ0) is 21.1. The van der Waals surface area contributed by atoms with Gasteiger partial charge in [-0.05, 0) is 61.8 Å². The van der Waals surface area contributed by atoms with Crippen molar-refractivity contribution in [1.82, 2.24) is 9.80 Å². The SMILES string of the molecule is C[C@H]1CN(CCOc2cc(C(F)(F)F)ccc2Br)CCN1C(=O)OC(C)(C)C. The van der Waals surface area contributed by atoms with Crippen LogP contribution in [0.2, 0.25) is 0 Å². The van der Waals surface area contributed by atoms with Crippen LogP contribution in [0.5, 0.6) is 5.75 Å². The molecule has 1 aromatic rings. The number of ether oxygens (including phenoxy) is 2. The maximum absolute atomic E-state index is 12.8.